The number of aliphatic hydroxyl groups excluding tert-OH is 10. The van der Waals surface area contributed by atoms with Crippen molar-refractivity contribution in [1.29, 1.82) is 0 Å². The number of phosphoric ester groups is 5. The van der Waals surface area contributed by atoms with Gasteiger partial charge in [0.2, 0.25) is 11.8 Å². The Morgan fingerprint density at radius 3 is 1.34 bits per heavy atom. The van der Waals surface area contributed by atoms with Gasteiger partial charge in [-0.1, -0.05) is 0 Å². The maximum atomic E-state index is 12.3. The number of carbonyl (C=O) groups is 2. The van der Waals surface area contributed by atoms with E-state index in [1.165, 1.54) is 61.3 Å². The highest BCUT2D eigenvalue weighted by atomic mass is 31.2. The van der Waals surface area contributed by atoms with E-state index in [1.807, 2.05) is 0 Å². The number of aryl methyl sites for hydroxylation is 3. The van der Waals surface area contributed by atoms with Crippen molar-refractivity contribution < 1.29 is 183 Å². The van der Waals surface area contributed by atoms with Crippen LogP contribution in [0.2, 0.25) is 0 Å². The Morgan fingerprint density at radius 2 is 0.884 bits per heavy atom. The van der Waals surface area contributed by atoms with Crippen LogP contribution in [0.3, 0.4) is 0 Å². The first-order valence-electron chi connectivity index (χ1n) is 35.0. The number of imidazole rings is 3. The molecular formula is C59H81N18O39P5. The number of aliphatic hydroxyl groups is 10. The number of Topliss-reactive ketones (excluding diaryl/α,β-unsaturated/α-hetero) is 1. The molecule has 15 rings (SSSR count). The number of ketones is 1. The number of nitrogen functional groups attached to an aromatic ring is 2. The Kier molecular flexibility index (Phi) is 28.7. The third kappa shape index (κ3) is 21.4. The number of ether oxygens (including phenoxy) is 6. The number of carbonyl (C=O) groups excluding carboxylic acids is 2. The third-order valence-electron chi connectivity index (χ3n) is 18.9. The normalized spacial score (nSPS) is 28.6. The van der Waals surface area contributed by atoms with Crippen molar-refractivity contribution in [3.05, 3.63) is 82.6 Å². The highest BCUT2D eigenvalue weighted by molar-refractivity contribution is 7.47. The van der Waals surface area contributed by atoms with Crippen molar-refractivity contribution in [2.75, 3.05) is 56.5 Å². The van der Waals surface area contributed by atoms with Crippen LogP contribution in [0.15, 0.2) is 53.3 Å². The molecule has 0 aliphatic carbocycles. The van der Waals surface area contributed by atoms with Gasteiger partial charge in [0.1, 0.15) is 126 Å². The minimum Gasteiger partial charge on any atom is -0.479 e. The van der Waals surface area contributed by atoms with E-state index in [1.54, 1.807) is 46.1 Å². The molecule has 0 unspecified atom stereocenters. The van der Waals surface area contributed by atoms with E-state index in [4.69, 9.17) is 88.8 Å². The fraction of sp³-hybridized carbons (Fsp3) is 0.542. The summed E-state index contributed by atoms with van der Waals surface area (Å²) in [5.74, 6) is 1.16. The van der Waals surface area contributed by atoms with Crippen LogP contribution < -0.4 is 26.7 Å². The smallest absolute Gasteiger partial charge is 0.469 e. The van der Waals surface area contributed by atoms with E-state index in [0.717, 1.165) is 4.90 Å². The molecule has 7 aliphatic heterocycles. The molecule has 5 saturated heterocycles. The SMILES string of the molecule is COc1nc(C)nc2c1ncn2[C@@H]1O[C@H](COP(=O)(O)O)[C@@H](O)[C@H]1O.Cc1nc(N)c2c(n1)N([C@@H]1O[C@H](COP(=O)(O)O)[C@@H](O)[C@H]1O)C(=O)C2.Cc1nc2c(ncn2[C@@H]2O[C@H](COP(=O)(O)O)[C@@H](O)[C@H]2O)c(=O)n1C.Nc1ccnc2c1ccn2[C@@H]1O[C@H](COP(=O)(O)O)[C@@H](O)[C@H]1O.O=C1CC=Nc2c1ncn2[C@@H]1O[C@H](COP(=O)(O)O)[C@@H](O)[C@H]1O. The first kappa shape index (κ1) is 93.7. The molecule has 7 aliphatic rings. The molecule has 0 bridgehead atoms. The summed E-state index contributed by atoms with van der Waals surface area (Å²) in [6.07, 6.45) is -17.4. The molecular weight excluding hydrogens is 1740 g/mol. The second-order valence-electron chi connectivity index (χ2n) is 27.1. The zero-order chi connectivity index (χ0) is 88.9. The molecule has 0 saturated carbocycles. The van der Waals surface area contributed by atoms with Crippen LogP contribution in [-0.4, -0.2) is 324 Å². The van der Waals surface area contributed by atoms with Gasteiger partial charge >= 0.3 is 39.1 Å². The lowest BCUT2D eigenvalue weighted by Crippen LogP contribution is -2.46. The summed E-state index contributed by atoms with van der Waals surface area (Å²) in [5.41, 5.74) is 13.6. The first-order valence-corrected chi connectivity index (χ1v) is 42.6. The minimum atomic E-state index is -4.78. The number of aromatic nitrogens is 14. The standard InChI is InChI=1S/3C12H17N4O8P.C12H16N3O7P.C11H14N3O8P/c1-5-14-10-7(11(15-5)22-2)13-4-16(10)12-9(18)8(17)6(24-12)3-23-25(19,20)21;1-5-14-10-7(11(19)15(5)2)13-4-16(10)12-9(18)8(17)6(24-12)3-23-25(20,21)22;1-4-14-10(13)5-2-7(17)16(11(5)15-4)12-9(19)8(18)6(24-12)3-23-25(20,21)22;13-7-1-3-14-11-6(7)2-4-15(11)12-10(17)9(16)8(22-12)5-21-23(18,19)20;15-5-1-2-12-10-7(5)13-4-14(10)11-9(17)8(16)6(22-11)3-21-23(18,19)20/h4,6,8-9,12,17-18H,3H2,1-2H3,(H2,19,20,21);4,6,8-9,12,17-18H,3H2,1-2H3,(H2,20,21,22);6,8-9,12,18-19H,2-3H2,1H3,(H2,13,14,15)(H2,20,21,22);1-4,8-10,12,16-17H,5H2,(H2,13,14)(H2,18,19,20);2,4,6,8-9,11,16-17H,1,3H2,(H2,18,19,20)/t3*6-,8-,9-,12-;8-,9-,10-,12-;6-,8-,9-,11-/m11111/s1. The second-order valence-corrected chi connectivity index (χ2v) is 33.3. The molecule has 24 N–H and O–H groups in total. The lowest BCUT2D eigenvalue weighted by atomic mass is 10.1. The molecule has 57 nitrogen and oxygen atoms in total. The number of amides is 1. The molecule has 8 aromatic heterocycles. The van der Waals surface area contributed by atoms with Gasteiger partial charge in [0.25, 0.3) is 5.56 Å². The lowest BCUT2D eigenvalue weighted by molar-refractivity contribution is -0.121. The molecule has 15 heterocycles. The third-order valence-corrected chi connectivity index (χ3v) is 21.3. The van der Waals surface area contributed by atoms with Crippen LogP contribution in [-0.2, 0) is 87.4 Å². The predicted molar refractivity (Wildman–Crippen MR) is 394 cm³/mol. The maximum absolute atomic E-state index is 12.3. The lowest BCUT2D eigenvalue weighted by Gasteiger charge is -2.26. The average molecular weight is 1820 g/mol. The number of rotatable bonds is 21. The number of nitrogens with two attached hydrogens (primary N) is 2. The molecule has 5 fully saturated rings. The Bertz CT molecular complexity index is 5460. The van der Waals surface area contributed by atoms with Gasteiger partial charge in [-0.15, -0.1) is 0 Å². The highest BCUT2D eigenvalue weighted by Crippen LogP contribution is 2.46. The van der Waals surface area contributed by atoms with Gasteiger partial charge in [-0.05, 0) is 32.9 Å². The van der Waals surface area contributed by atoms with Gasteiger partial charge in [-0.3, -0.25) is 60.2 Å². The van der Waals surface area contributed by atoms with Crippen LogP contribution in [0.4, 0.5) is 23.1 Å². The summed E-state index contributed by atoms with van der Waals surface area (Å²) >= 11 is 0. The summed E-state index contributed by atoms with van der Waals surface area (Å²) in [4.78, 5) is 165. The van der Waals surface area contributed by atoms with E-state index >= 15 is 0 Å². The summed E-state index contributed by atoms with van der Waals surface area (Å²) in [5, 5.41) is 102. The molecule has 0 radical (unpaired) electrons. The van der Waals surface area contributed by atoms with Gasteiger partial charge in [-0.2, -0.15) is 4.98 Å². The summed E-state index contributed by atoms with van der Waals surface area (Å²) in [7, 11) is -20.7. The van der Waals surface area contributed by atoms with E-state index in [-0.39, 0.29) is 64.4 Å². The molecule has 666 valence electrons. The van der Waals surface area contributed by atoms with Crippen LogP contribution in [0, 0.1) is 20.8 Å². The topological polar surface area (TPSA) is 851 Å². The molecule has 8 aromatic rings. The van der Waals surface area contributed by atoms with E-state index in [9.17, 15) is 88.3 Å². The van der Waals surface area contributed by atoms with Crippen LogP contribution in [0.25, 0.3) is 33.4 Å². The number of hydrogen-bond donors (Lipinski definition) is 22. The number of aliphatic imine (C=N–C) groups is 1. The Labute approximate surface area is 675 Å². The average Bonchev–Trinajstić information content (AvgIpc) is 1.59. The van der Waals surface area contributed by atoms with Crippen molar-refractivity contribution in [2.45, 2.75) is 156 Å². The fourth-order valence-corrected chi connectivity index (χ4v) is 14.7. The Morgan fingerprint density at radius 1 is 0.479 bits per heavy atom. The molecule has 20 atom stereocenters. The zero-order valence-electron chi connectivity index (χ0n) is 62.9. The quantitative estimate of drug-likeness (QED) is 0.0297. The van der Waals surface area contributed by atoms with Gasteiger partial charge in [0.05, 0.1) is 65.5 Å². The molecule has 1 amide bonds. The number of nitrogens with zero attached hydrogens (tertiary/aromatic N) is 16. The summed E-state index contributed by atoms with van der Waals surface area (Å²) < 4.78 is 115. The van der Waals surface area contributed by atoms with Crippen molar-refractivity contribution in [2.24, 2.45) is 12.0 Å². The molecule has 0 spiro atoms. The predicted octanol–water partition coefficient (Wildman–Crippen LogP) is -6.90. The van der Waals surface area contributed by atoms with Gasteiger partial charge < -0.3 is 144 Å². The van der Waals surface area contributed by atoms with Crippen molar-refractivity contribution in [1.82, 2.24) is 67.7 Å². The van der Waals surface area contributed by atoms with Gasteiger partial charge in [-0.25, -0.2) is 67.7 Å². The van der Waals surface area contributed by atoms with E-state index < -0.39 is 201 Å². The number of anilines is 3. The van der Waals surface area contributed by atoms with Crippen LogP contribution >= 0.6 is 39.1 Å². The largest absolute Gasteiger partial charge is 0.479 e. The molecule has 0 aromatic carbocycles. The van der Waals surface area contributed by atoms with Crippen molar-refractivity contribution >= 4 is 114 Å². The minimum absolute atomic E-state index is 0.0632. The number of pyridine rings is 1. The number of phosphoric acid groups is 5. The maximum Gasteiger partial charge on any atom is 0.469 e. The first-order chi connectivity index (χ1) is 56.4. The molecule has 121 heavy (non-hydrogen) atoms. The van der Waals surface area contributed by atoms with Crippen LogP contribution in [0.1, 0.15) is 64.9 Å². The highest BCUT2D eigenvalue weighted by Gasteiger charge is 2.53. The monoisotopic (exact) mass is 1820 g/mol. The van der Waals surface area contributed by atoms with Gasteiger partial charge in [0.15, 0.2) is 70.8 Å². The number of methoxy groups -OCH3 is 1. The van der Waals surface area contributed by atoms with Crippen LogP contribution in [0.5, 0.6) is 5.88 Å². The Balaban J connectivity index is 0.000000148. The summed E-state index contributed by atoms with van der Waals surface area (Å²) in [6.45, 7) is 1.79. The fourth-order valence-electron chi connectivity index (χ4n) is 13.0. The molecule has 62 heteroatoms. The van der Waals surface area contributed by atoms with Crippen molar-refractivity contribution in [3.8, 4) is 5.88 Å². The Hall–Kier alpha value is -7.96. The van der Waals surface area contributed by atoms with Gasteiger partial charge in [0, 0.05) is 48.7 Å². The van der Waals surface area contributed by atoms with E-state index in [2.05, 4.69) is 72.5 Å². The number of fused-ring (bicyclic) bond motifs is 5. The zero-order valence-corrected chi connectivity index (χ0v) is 67.3. The number of hydrogen-bond acceptors (Lipinski definition) is 41. The summed E-state index contributed by atoms with van der Waals surface area (Å²) in [6, 6.07) is 3.32. The second kappa shape index (κ2) is 37.1. The van der Waals surface area contributed by atoms with E-state index in [0.29, 0.717) is 50.9 Å². The van der Waals surface area contributed by atoms with Crippen molar-refractivity contribution in [3.63, 3.8) is 0 Å².